The number of carbonyl (C=O) groups is 1. The molecule has 1 aliphatic heterocycles. The maximum Gasteiger partial charge on any atom is 0.222 e. The van der Waals surface area contributed by atoms with E-state index in [1.807, 2.05) is 30.9 Å². The number of hydrogen-bond donors (Lipinski definition) is 1. The lowest BCUT2D eigenvalue weighted by Gasteiger charge is -2.32. The third-order valence-electron chi connectivity index (χ3n) is 5.45. The summed E-state index contributed by atoms with van der Waals surface area (Å²) in [5.41, 5.74) is 3.29. The Kier molecular flexibility index (Phi) is 6.21. The summed E-state index contributed by atoms with van der Waals surface area (Å²) in [7, 11) is 0. The smallest absolute Gasteiger partial charge is 0.222 e. The lowest BCUT2D eigenvalue weighted by Crippen LogP contribution is -2.39. The molecule has 0 spiro atoms. The van der Waals surface area contributed by atoms with Gasteiger partial charge < -0.3 is 10.2 Å². The van der Waals surface area contributed by atoms with Crippen molar-refractivity contribution in [2.24, 2.45) is 0 Å². The van der Waals surface area contributed by atoms with Gasteiger partial charge in [-0.2, -0.15) is 0 Å². The molecule has 0 aliphatic carbocycles. The van der Waals surface area contributed by atoms with Crippen LogP contribution < -0.4 is 5.32 Å². The highest BCUT2D eigenvalue weighted by Gasteiger charge is 2.26. The molecule has 1 unspecified atom stereocenters. The number of amides is 1. The lowest BCUT2D eigenvalue weighted by molar-refractivity contribution is -0.132. The Morgan fingerprint density at radius 2 is 2.10 bits per heavy atom. The van der Waals surface area contributed by atoms with Gasteiger partial charge in [-0.1, -0.05) is 13.0 Å². The van der Waals surface area contributed by atoms with Crippen molar-refractivity contribution in [3.8, 4) is 11.3 Å². The van der Waals surface area contributed by atoms with E-state index in [-0.39, 0.29) is 17.6 Å². The quantitative estimate of drug-likeness (QED) is 0.640. The van der Waals surface area contributed by atoms with Crippen LogP contribution >= 0.6 is 0 Å². The van der Waals surface area contributed by atoms with Crippen molar-refractivity contribution < 1.29 is 9.18 Å². The molecule has 3 heterocycles. The number of hydrogen-bond acceptors (Lipinski definition) is 5. The Labute approximate surface area is 181 Å². The molecule has 1 atom stereocenters. The van der Waals surface area contributed by atoms with Crippen molar-refractivity contribution >= 4 is 17.4 Å². The second-order valence-corrected chi connectivity index (χ2v) is 7.92. The fourth-order valence-corrected chi connectivity index (χ4v) is 3.91. The number of anilines is 2. The fraction of sp³-hybridized carbons (Fsp3) is 0.333. The highest BCUT2D eigenvalue weighted by Crippen LogP contribution is 2.29. The number of aromatic nitrogens is 3. The fourth-order valence-electron chi connectivity index (χ4n) is 3.91. The summed E-state index contributed by atoms with van der Waals surface area (Å²) in [4.78, 5) is 28.0. The Morgan fingerprint density at radius 1 is 1.23 bits per heavy atom. The first-order valence-electron chi connectivity index (χ1n) is 10.6. The zero-order valence-corrected chi connectivity index (χ0v) is 17.8. The van der Waals surface area contributed by atoms with E-state index in [0.717, 1.165) is 36.2 Å². The van der Waals surface area contributed by atoms with Crippen molar-refractivity contribution in [3.05, 3.63) is 66.0 Å². The predicted octanol–water partition coefficient (Wildman–Crippen LogP) is 4.85. The second kappa shape index (κ2) is 9.20. The number of halogens is 1. The van der Waals surface area contributed by atoms with E-state index >= 15 is 0 Å². The van der Waals surface area contributed by atoms with Crippen LogP contribution in [0.25, 0.3) is 11.3 Å². The number of likely N-dealkylation sites (tertiary alicyclic amines) is 1. The SMILES string of the molecule is CCC(=O)N1CCCC(c2nc(Nc3cccc(F)c3)cc(-c3cncc(C)c3)n2)C1. The number of benzene rings is 1. The largest absolute Gasteiger partial charge is 0.342 e. The summed E-state index contributed by atoms with van der Waals surface area (Å²) in [5, 5.41) is 3.20. The number of aryl methyl sites for hydroxylation is 1. The second-order valence-electron chi connectivity index (χ2n) is 7.92. The van der Waals surface area contributed by atoms with E-state index in [0.29, 0.717) is 30.3 Å². The molecule has 6 nitrogen and oxygen atoms in total. The van der Waals surface area contributed by atoms with Gasteiger partial charge in [0.2, 0.25) is 5.91 Å². The van der Waals surface area contributed by atoms with E-state index in [1.54, 1.807) is 24.5 Å². The highest BCUT2D eigenvalue weighted by atomic mass is 19.1. The monoisotopic (exact) mass is 419 g/mol. The maximum absolute atomic E-state index is 13.7. The molecule has 1 saturated heterocycles. The van der Waals surface area contributed by atoms with Crippen LogP contribution in [0.2, 0.25) is 0 Å². The maximum atomic E-state index is 13.7. The topological polar surface area (TPSA) is 71.0 Å². The molecule has 2 aromatic heterocycles. The van der Waals surface area contributed by atoms with Gasteiger partial charge in [0, 0.05) is 55.1 Å². The zero-order chi connectivity index (χ0) is 21.8. The van der Waals surface area contributed by atoms with Gasteiger partial charge >= 0.3 is 0 Å². The van der Waals surface area contributed by atoms with Crippen molar-refractivity contribution in [3.63, 3.8) is 0 Å². The molecular weight excluding hydrogens is 393 g/mol. The van der Waals surface area contributed by atoms with Crippen LogP contribution in [0.1, 0.15) is 43.5 Å². The average Bonchev–Trinajstić information content (AvgIpc) is 2.78. The van der Waals surface area contributed by atoms with Crippen molar-refractivity contribution in [2.75, 3.05) is 18.4 Å². The first-order chi connectivity index (χ1) is 15.0. The number of piperidine rings is 1. The third kappa shape index (κ3) is 5.05. The molecular formula is C24H26FN5O. The summed E-state index contributed by atoms with van der Waals surface area (Å²) in [6.45, 7) is 5.26. The summed E-state index contributed by atoms with van der Waals surface area (Å²) in [5.74, 6) is 1.16. The van der Waals surface area contributed by atoms with E-state index < -0.39 is 0 Å². The molecule has 31 heavy (non-hydrogen) atoms. The molecule has 1 aromatic carbocycles. The number of nitrogens with one attached hydrogen (secondary N) is 1. The molecule has 1 amide bonds. The minimum atomic E-state index is -0.316. The first-order valence-corrected chi connectivity index (χ1v) is 10.6. The number of nitrogens with zero attached hydrogens (tertiary/aromatic N) is 4. The molecule has 0 bridgehead atoms. The van der Waals surface area contributed by atoms with Crippen LogP contribution in [0.4, 0.5) is 15.9 Å². The van der Waals surface area contributed by atoms with Crippen molar-refractivity contribution in [1.82, 2.24) is 19.9 Å². The molecule has 0 radical (unpaired) electrons. The van der Waals surface area contributed by atoms with E-state index in [2.05, 4.69) is 10.3 Å². The molecule has 0 saturated carbocycles. The van der Waals surface area contributed by atoms with Gasteiger partial charge in [-0.3, -0.25) is 9.78 Å². The Balaban J connectivity index is 1.71. The van der Waals surface area contributed by atoms with Crippen LogP contribution in [0.3, 0.4) is 0 Å². The van der Waals surface area contributed by atoms with Gasteiger partial charge in [-0.05, 0) is 49.6 Å². The van der Waals surface area contributed by atoms with Crippen LogP contribution in [0, 0.1) is 12.7 Å². The third-order valence-corrected chi connectivity index (χ3v) is 5.45. The Hall–Kier alpha value is -3.35. The minimum Gasteiger partial charge on any atom is -0.342 e. The van der Waals surface area contributed by atoms with Crippen molar-refractivity contribution in [1.29, 1.82) is 0 Å². The van der Waals surface area contributed by atoms with Gasteiger partial charge in [0.1, 0.15) is 17.5 Å². The summed E-state index contributed by atoms with van der Waals surface area (Å²) >= 11 is 0. The normalized spacial score (nSPS) is 16.2. The van der Waals surface area contributed by atoms with Crippen LogP contribution in [0.5, 0.6) is 0 Å². The van der Waals surface area contributed by atoms with Gasteiger partial charge in [-0.15, -0.1) is 0 Å². The van der Waals surface area contributed by atoms with Crippen LogP contribution in [0.15, 0.2) is 48.8 Å². The first kappa shape index (κ1) is 20.9. The van der Waals surface area contributed by atoms with Crippen molar-refractivity contribution in [2.45, 2.75) is 39.0 Å². The summed E-state index contributed by atoms with van der Waals surface area (Å²) in [6.07, 6.45) is 5.91. The van der Waals surface area contributed by atoms with Gasteiger partial charge in [0.15, 0.2) is 0 Å². The number of rotatable bonds is 5. The van der Waals surface area contributed by atoms with E-state index in [4.69, 9.17) is 9.97 Å². The molecule has 3 aromatic rings. The highest BCUT2D eigenvalue weighted by molar-refractivity contribution is 5.76. The zero-order valence-electron chi connectivity index (χ0n) is 17.8. The molecule has 4 rings (SSSR count). The molecule has 7 heteroatoms. The number of pyridine rings is 1. The average molecular weight is 420 g/mol. The van der Waals surface area contributed by atoms with Gasteiger partial charge in [0.05, 0.1) is 5.69 Å². The van der Waals surface area contributed by atoms with E-state index in [1.165, 1.54) is 12.1 Å². The molecule has 160 valence electrons. The molecule has 1 aliphatic rings. The standard InChI is InChI=1S/C24H26FN5O/c1-3-23(31)30-9-5-6-17(15-30)24-28-21(18-10-16(2)13-26-14-18)12-22(29-24)27-20-8-4-7-19(25)11-20/h4,7-8,10-14,17H,3,5-6,9,15H2,1-2H3,(H,27,28,29). The lowest BCUT2D eigenvalue weighted by atomic mass is 9.96. The molecule has 1 fully saturated rings. The number of carbonyl (C=O) groups excluding carboxylic acids is 1. The molecule has 1 N–H and O–H groups in total. The van der Waals surface area contributed by atoms with Crippen LogP contribution in [-0.4, -0.2) is 38.8 Å². The van der Waals surface area contributed by atoms with E-state index in [9.17, 15) is 9.18 Å². The van der Waals surface area contributed by atoms with Crippen LogP contribution in [-0.2, 0) is 4.79 Å². The summed E-state index contributed by atoms with van der Waals surface area (Å²) in [6, 6.07) is 10.2. The van der Waals surface area contributed by atoms with Gasteiger partial charge in [0.25, 0.3) is 0 Å². The minimum absolute atomic E-state index is 0.0510. The Bertz CT molecular complexity index is 1090. The predicted molar refractivity (Wildman–Crippen MR) is 119 cm³/mol. The Morgan fingerprint density at radius 3 is 2.87 bits per heavy atom. The van der Waals surface area contributed by atoms with Gasteiger partial charge in [-0.25, -0.2) is 14.4 Å². The summed E-state index contributed by atoms with van der Waals surface area (Å²) < 4.78 is 13.7.